The van der Waals surface area contributed by atoms with Crippen LogP contribution >= 0.6 is 39.3 Å². The summed E-state index contributed by atoms with van der Waals surface area (Å²) in [5, 5.41) is 0. The summed E-state index contributed by atoms with van der Waals surface area (Å²) in [6, 6.07) is 20.1. The Morgan fingerprint density at radius 1 is 0.857 bits per heavy atom. The molecule has 0 N–H and O–H groups in total. The molecule has 0 bridgehead atoms. The van der Waals surface area contributed by atoms with Crippen LogP contribution in [0.4, 0.5) is 4.39 Å². The van der Waals surface area contributed by atoms with Gasteiger partial charge < -0.3 is 0 Å². The van der Waals surface area contributed by atoms with Crippen molar-refractivity contribution in [2.75, 3.05) is 0 Å². The number of rotatable bonds is 5. The molecule has 2 aromatic carbocycles. The molecule has 1 saturated heterocycles. The number of alkyl halides is 3. The third-order valence-electron chi connectivity index (χ3n) is 5.86. The second-order valence-corrected chi connectivity index (χ2v) is 14.8. The first kappa shape index (κ1) is 20.7. The highest BCUT2D eigenvalue weighted by Crippen LogP contribution is 2.76. The monoisotopic (exact) mass is 528 g/mol. The highest BCUT2D eigenvalue weighted by Gasteiger charge is 2.63. The molecular formula is C21H24Br2FN2OP. The Labute approximate surface area is 183 Å². The third kappa shape index (κ3) is 3.79. The van der Waals surface area contributed by atoms with Crippen molar-refractivity contribution < 1.29 is 8.96 Å². The summed E-state index contributed by atoms with van der Waals surface area (Å²) in [5.74, 6) is 0. The number of nitrogens with zero attached hydrogens (tertiary/aromatic N) is 2. The van der Waals surface area contributed by atoms with Crippen molar-refractivity contribution in [1.82, 2.24) is 9.34 Å². The lowest BCUT2D eigenvalue weighted by Gasteiger charge is -2.36. The van der Waals surface area contributed by atoms with E-state index in [9.17, 15) is 4.57 Å². The van der Waals surface area contributed by atoms with E-state index in [1.54, 1.807) is 0 Å². The molecule has 1 aliphatic carbocycles. The van der Waals surface area contributed by atoms with E-state index < -0.39 is 10.7 Å². The van der Waals surface area contributed by atoms with Crippen molar-refractivity contribution >= 4 is 39.3 Å². The molecule has 0 amide bonds. The lowest BCUT2D eigenvalue weighted by Crippen LogP contribution is -2.39. The van der Waals surface area contributed by atoms with Crippen LogP contribution in [-0.2, 0) is 17.7 Å². The summed E-state index contributed by atoms with van der Waals surface area (Å²) in [7, 11) is -3.58. The zero-order valence-corrected chi connectivity index (χ0v) is 19.6. The normalized spacial score (nSPS) is 25.5. The molecule has 1 heterocycles. The van der Waals surface area contributed by atoms with Crippen molar-refractivity contribution in [3.63, 3.8) is 0 Å². The molecule has 2 aliphatic rings. The Bertz CT molecular complexity index is 785. The van der Waals surface area contributed by atoms with E-state index in [2.05, 4.69) is 31.9 Å². The Morgan fingerprint density at radius 3 is 1.61 bits per heavy atom. The maximum atomic E-state index is 15.5. The van der Waals surface area contributed by atoms with Crippen LogP contribution in [0.3, 0.4) is 0 Å². The fourth-order valence-corrected chi connectivity index (χ4v) is 9.97. The molecule has 2 fully saturated rings. The lowest BCUT2D eigenvalue weighted by atomic mass is 9.90. The smallest absolute Gasteiger partial charge is 0.283 e. The highest BCUT2D eigenvalue weighted by atomic mass is 79.9. The fourth-order valence-electron chi connectivity index (χ4n) is 4.60. The number of benzene rings is 2. The van der Waals surface area contributed by atoms with Gasteiger partial charge in [-0.25, -0.2) is 13.7 Å². The van der Waals surface area contributed by atoms with Crippen molar-refractivity contribution in [2.24, 2.45) is 0 Å². The Kier molecular flexibility index (Phi) is 6.16. The number of hydrogen-bond donors (Lipinski definition) is 0. The van der Waals surface area contributed by atoms with Gasteiger partial charge in [0.2, 0.25) is 0 Å². The van der Waals surface area contributed by atoms with Crippen molar-refractivity contribution in [3.8, 4) is 0 Å². The van der Waals surface area contributed by atoms with E-state index in [1.807, 2.05) is 70.0 Å². The molecule has 0 radical (unpaired) electrons. The number of halogens is 3. The van der Waals surface area contributed by atoms with Gasteiger partial charge in [0.15, 0.2) is 0 Å². The Balaban J connectivity index is 1.76. The summed E-state index contributed by atoms with van der Waals surface area (Å²) >= 11 is 6.21. The van der Waals surface area contributed by atoms with Crippen LogP contribution in [-0.4, -0.2) is 24.7 Å². The van der Waals surface area contributed by atoms with Crippen molar-refractivity contribution in [1.29, 1.82) is 0 Å². The van der Waals surface area contributed by atoms with Crippen LogP contribution in [0.15, 0.2) is 60.7 Å². The molecule has 3 nitrogen and oxygen atoms in total. The molecule has 4 rings (SSSR count). The number of hydrogen-bond acceptors (Lipinski definition) is 1. The topological polar surface area (TPSA) is 23.6 Å². The molecule has 1 aliphatic heterocycles. The van der Waals surface area contributed by atoms with Gasteiger partial charge in [0.25, 0.3) is 10.7 Å². The standard InChI is InChI=1S/C21H24Br2FN2OP/c22-21(23,24)28(27)25(15-17-9-3-1-4-10-17)19-13-7-8-14-20(19)26(28)16-18-11-5-2-6-12-18/h1-6,9-12,19-20H,7-8,13-16H2/t19-,20-/m1/s1. The minimum atomic E-state index is -3.58. The molecular weight excluding hydrogens is 506 g/mol. The van der Waals surface area contributed by atoms with Crippen LogP contribution in [0.25, 0.3) is 0 Å². The Morgan fingerprint density at radius 2 is 1.25 bits per heavy atom. The van der Waals surface area contributed by atoms with Crippen molar-refractivity contribution in [3.05, 3.63) is 71.8 Å². The minimum Gasteiger partial charge on any atom is -0.283 e. The summed E-state index contributed by atoms with van der Waals surface area (Å²) in [6.45, 7) is 0.959. The summed E-state index contributed by atoms with van der Waals surface area (Å²) in [6.07, 6.45) is 4.08. The summed E-state index contributed by atoms with van der Waals surface area (Å²) in [5.41, 5.74) is 2.11. The van der Waals surface area contributed by atoms with Gasteiger partial charge in [-0.3, -0.25) is 4.57 Å². The molecule has 0 spiro atoms. The minimum absolute atomic E-state index is 0.0914. The zero-order chi connectivity index (χ0) is 19.8. The van der Waals surface area contributed by atoms with Crippen LogP contribution in [0.5, 0.6) is 0 Å². The predicted octanol–water partition coefficient (Wildman–Crippen LogP) is 6.88. The summed E-state index contributed by atoms with van der Waals surface area (Å²) < 4.78 is 31.7. The van der Waals surface area contributed by atoms with Gasteiger partial charge in [0, 0.05) is 25.2 Å². The average Bonchev–Trinajstić information content (AvgIpc) is 2.93. The van der Waals surface area contributed by atoms with Gasteiger partial charge >= 0.3 is 0 Å². The van der Waals surface area contributed by atoms with E-state index in [4.69, 9.17) is 0 Å². The SMILES string of the molecule is O=P1(C(F)(Br)Br)N(Cc2ccccc2)[C@@H]2CCCC[C@H]2N1Cc1ccccc1. The molecule has 0 aromatic heterocycles. The molecule has 28 heavy (non-hydrogen) atoms. The van der Waals surface area contributed by atoms with Gasteiger partial charge in [0.05, 0.1) is 0 Å². The highest BCUT2D eigenvalue weighted by molar-refractivity contribution is 9.27. The van der Waals surface area contributed by atoms with Crippen LogP contribution in [0.2, 0.25) is 0 Å². The second-order valence-electron chi connectivity index (χ2n) is 7.60. The van der Waals surface area contributed by atoms with Crippen LogP contribution in [0, 0.1) is 0 Å². The third-order valence-corrected chi connectivity index (χ3v) is 11.6. The van der Waals surface area contributed by atoms with E-state index in [1.165, 1.54) is 0 Å². The van der Waals surface area contributed by atoms with E-state index in [0.717, 1.165) is 36.8 Å². The maximum absolute atomic E-state index is 15.5. The van der Waals surface area contributed by atoms with Gasteiger partial charge in [-0.1, -0.05) is 73.5 Å². The Hall–Kier alpha value is -0.520. The second kappa shape index (κ2) is 8.31. The van der Waals surface area contributed by atoms with Crippen molar-refractivity contribution in [2.45, 2.75) is 54.1 Å². The van der Waals surface area contributed by atoms with Crippen LogP contribution < -0.4 is 0 Å². The average molecular weight is 530 g/mol. The van der Waals surface area contributed by atoms with Gasteiger partial charge in [-0.15, -0.1) is 0 Å². The number of fused-ring (bicyclic) bond motifs is 1. The first-order chi connectivity index (χ1) is 13.4. The van der Waals surface area contributed by atoms with Gasteiger partial charge in [0.1, 0.15) is 0 Å². The first-order valence-electron chi connectivity index (χ1n) is 9.70. The molecule has 0 unspecified atom stereocenters. The molecule has 1 saturated carbocycles. The molecule has 150 valence electrons. The van der Waals surface area contributed by atoms with E-state index in [-0.39, 0.29) is 12.1 Å². The van der Waals surface area contributed by atoms with Crippen LogP contribution in [0.1, 0.15) is 36.8 Å². The zero-order valence-electron chi connectivity index (χ0n) is 15.6. The first-order valence-corrected chi connectivity index (χ1v) is 12.9. The molecule has 2 atom stereocenters. The predicted molar refractivity (Wildman–Crippen MR) is 119 cm³/mol. The van der Waals surface area contributed by atoms with Gasteiger partial charge in [-0.05, 0) is 55.8 Å². The largest absolute Gasteiger partial charge is 0.296 e. The van der Waals surface area contributed by atoms with Gasteiger partial charge in [-0.2, -0.15) is 0 Å². The lowest BCUT2D eigenvalue weighted by molar-refractivity contribution is 0.197. The molecule has 7 heteroatoms. The molecule has 2 aromatic rings. The fraction of sp³-hybridized carbons (Fsp3) is 0.429. The van der Waals surface area contributed by atoms with E-state index >= 15 is 4.39 Å². The van der Waals surface area contributed by atoms with E-state index in [0.29, 0.717) is 13.1 Å². The summed E-state index contributed by atoms with van der Waals surface area (Å²) in [4.78, 5) is 0. The quantitative estimate of drug-likeness (QED) is 0.311. The maximum Gasteiger partial charge on any atom is 0.296 e.